The Morgan fingerprint density at radius 2 is 2.15 bits per heavy atom. The molecule has 20 heavy (non-hydrogen) atoms. The number of carbonyl (C=O) groups excluding carboxylic acids is 1. The number of rotatable bonds is 6. The van der Waals surface area contributed by atoms with Gasteiger partial charge in [0.15, 0.2) is 0 Å². The molecular formula is C15H19N3OS. The first-order valence-corrected chi connectivity index (χ1v) is 7.51. The zero-order valence-electron chi connectivity index (χ0n) is 11.5. The lowest BCUT2D eigenvalue weighted by atomic mass is 10.1. The van der Waals surface area contributed by atoms with Crippen molar-refractivity contribution in [1.82, 2.24) is 10.3 Å². The molecule has 5 heteroatoms. The third-order valence-electron chi connectivity index (χ3n) is 2.94. The first-order valence-electron chi connectivity index (χ1n) is 6.63. The van der Waals surface area contributed by atoms with Crippen LogP contribution in [0.4, 0.5) is 0 Å². The fourth-order valence-corrected chi connectivity index (χ4v) is 2.68. The van der Waals surface area contributed by atoms with E-state index in [2.05, 4.69) is 10.3 Å². The summed E-state index contributed by atoms with van der Waals surface area (Å²) in [7, 11) is 0. The number of hydrogen-bond donors (Lipinski definition) is 2. The molecule has 1 heterocycles. The molecule has 1 amide bonds. The normalized spacial score (nSPS) is 12.1. The molecule has 0 saturated heterocycles. The Bertz CT molecular complexity index is 553. The standard InChI is InChI=1S/C15H19N3OS/c1-11-10-20-14(18-11)7-8-17-15(19)13(16)9-12-5-3-2-4-6-12/h2-6,10,13H,7-9,16H2,1H3,(H,17,19)/t13-/m1/s1. The van der Waals surface area contributed by atoms with Crippen molar-refractivity contribution in [2.45, 2.75) is 25.8 Å². The van der Waals surface area contributed by atoms with Crippen LogP contribution in [0.5, 0.6) is 0 Å². The van der Waals surface area contributed by atoms with Gasteiger partial charge in [-0.2, -0.15) is 0 Å². The molecule has 0 aliphatic rings. The first kappa shape index (κ1) is 14.7. The van der Waals surface area contributed by atoms with Gasteiger partial charge >= 0.3 is 0 Å². The summed E-state index contributed by atoms with van der Waals surface area (Å²) in [5.74, 6) is -0.109. The van der Waals surface area contributed by atoms with Crippen molar-refractivity contribution in [2.24, 2.45) is 5.73 Å². The highest BCUT2D eigenvalue weighted by atomic mass is 32.1. The number of thiazole rings is 1. The van der Waals surface area contributed by atoms with E-state index in [0.717, 1.165) is 22.7 Å². The van der Waals surface area contributed by atoms with Gasteiger partial charge in [0.2, 0.25) is 5.91 Å². The molecule has 0 saturated carbocycles. The van der Waals surface area contributed by atoms with E-state index < -0.39 is 6.04 Å². The topological polar surface area (TPSA) is 68.0 Å². The van der Waals surface area contributed by atoms with Gasteiger partial charge in [0.05, 0.1) is 11.0 Å². The second-order valence-electron chi connectivity index (χ2n) is 4.72. The van der Waals surface area contributed by atoms with Crippen molar-refractivity contribution in [2.75, 3.05) is 6.54 Å². The van der Waals surface area contributed by atoms with Gasteiger partial charge in [-0.15, -0.1) is 11.3 Å². The van der Waals surface area contributed by atoms with Crippen molar-refractivity contribution < 1.29 is 4.79 Å². The smallest absolute Gasteiger partial charge is 0.237 e. The van der Waals surface area contributed by atoms with Gasteiger partial charge in [0.25, 0.3) is 0 Å². The molecule has 0 fully saturated rings. The first-order chi connectivity index (χ1) is 9.65. The molecule has 0 aliphatic heterocycles. The van der Waals surface area contributed by atoms with Crippen LogP contribution in [0.3, 0.4) is 0 Å². The maximum absolute atomic E-state index is 11.9. The molecule has 0 spiro atoms. The number of amides is 1. The molecule has 0 aliphatic carbocycles. The van der Waals surface area contributed by atoms with E-state index in [-0.39, 0.29) is 5.91 Å². The molecule has 3 N–H and O–H groups in total. The number of carbonyl (C=O) groups is 1. The Balaban J connectivity index is 1.74. The number of nitrogens with one attached hydrogen (secondary N) is 1. The largest absolute Gasteiger partial charge is 0.354 e. The summed E-state index contributed by atoms with van der Waals surface area (Å²) < 4.78 is 0. The maximum Gasteiger partial charge on any atom is 0.237 e. The Morgan fingerprint density at radius 1 is 1.40 bits per heavy atom. The number of aromatic nitrogens is 1. The molecule has 4 nitrogen and oxygen atoms in total. The van der Waals surface area contributed by atoms with Crippen molar-refractivity contribution >= 4 is 17.2 Å². The maximum atomic E-state index is 11.9. The highest BCUT2D eigenvalue weighted by Gasteiger charge is 2.13. The summed E-state index contributed by atoms with van der Waals surface area (Å²) in [6, 6.07) is 9.30. The van der Waals surface area contributed by atoms with E-state index in [1.807, 2.05) is 42.6 Å². The van der Waals surface area contributed by atoms with Crippen molar-refractivity contribution in [3.8, 4) is 0 Å². The molecule has 0 unspecified atom stereocenters. The van der Waals surface area contributed by atoms with Crippen LogP contribution in [0.15, 0.2) is 35.7 Å². The molecule has 2 aromatic rings. The molecule has 106 valence electrons. The van der Waals surface area contributed by atoms with Crippen LogP contribution in [0.2, 0.25) is 0 Å². The SMILES string of the molecule is Cc1csc(CCNC(=O)[C@H](N)Cc2ccccc2)n1. The molecule has 1 atom stereocenters. The molecule has 1 aromatic carbocycles. The van der Waals surface area contributed by atoms with Gasteiger partial charge in [-0.05, 0) is 18.9 Å². The van der Waals surface area contributed by atoms with Gasteiger partial charge in [-0.25, -0.2) is 4.98 Å². The van der Waals surface area contributed by atoms with E-state index in [1.54, 1.807) is 11.3 Å². The molecule has 2 rings (SSSR count). The molecule has 1 aromatic heterocycles. The lowest BCUT2D eigenvalue weighted by Crippen LogP contribution is -2.42. The second-order valence-corrected chi connectivity index (χ2v) is 5.66. The molecule has 0 radical (unpaired) electrons. The monoisotopic (exact) mass is 289 g/mol. The lowest BCUT2D eigenvalue weighted by molar-refractivity contribution is -0.122. The third-order valence-corrected chi connectivity index (χ3v) is 3.97. The van der Waals surface area contributed by atoms with E-state index in [4.69, 9.17) is 5.73 Å². The van der Waals surface area contributed by atoms with Crippen LogP contribution in [0.1, 0.15) is 16.3 Å². The van der Waals surface area contributed by atoms with Crippen molar-refractivity contribution in [3.05, 3.63) is 52.0 Å². The van der Waals surface area contributed by atoms with Gasteiger partial charge in [-0.3, -0.25) is 4.79 Å². The van der Waals surface area contributed by atoms with Crippen molar-refractivity contribution in [1.29, 1.82) is 0 Å². The van der Waals surface area contributed by atoms with Gasteiger partial charge < -0.3 is 11.1 Å². The van der Waals surface area contributed by atoms with Crippen LogP contribution in [-0.4, -0.2) is 23.5 Å². The summed E-state index contributed by atoms with van der Waals surface area (Å²) in [6.45, 7) is 2.54. The Labute approximate surface area is 123 Å². The predicted molar refractivity (Wildman–Crippen MR) is 81.7 cm³/mol. The van der Waals surface area contributed by atoms with Crippen LogP contribution in [0.25, 0.3) is 0 Å². The molecule has 0 bridgehead atoms. The predicted octanol–water partition coefficient (Wildman–Crippen LogP) is 1.68. The summed E-state index contributed by atoms with van der Waals surface area (Å²) in [5, 5.41) is 5.92. The van der Waals surface area contributed by atoms with Crippen LogP contribution in [-0.2, 0) is 17.6 Å². The summed E-state index contributed by atoms with van der Waals surface area (Å²) in [4.78, 5) is 16.2. The molecular weight excluding hydrogens is 270 g/mol. The fraction of sp³-hybridized carbons (Fsp3) is 0.333. The average molecular weight is 289 g/mol. The zero-order valence-corrected chi connectivity index (χ0v) is 12.3. The number of nitrogens with two attached hydrogens (primary N) is 1. The Hall–Kier alpha value is -1.72. The fourth-order valence-electron chi connectivity index (χ4n) is 1.90. The average Bonchev–Trinajstić information content (AvgIpc) is 2.85. The number of aryl methyl sites for hydroxylation is 1. The minimum atomic E-state index is -0.504. The minimum Gasteiger partial charge on any atom is -0.354 e. The number of hydrogen-bond acceptors (Lipinski definition) is 4. The minimum absolute atomic E-state index is 0.109. The zero-order chi connectivity index (χ0) is 14.4. The summed E-state index contributed by atoms with van der Waals surface area (Å²) >= 11 is 1.62. The van der Waals surface area contributed by atoms with E-state index >= 15 is 0 Å². The Kier molecular flexibility index (Phi) is 5.26. The van der Waals surface area contributed by atoms with Gasteiger partial charge in [-0.1, -0.05) is 30.3 Å². The third kappa shape index (κ3) is 4.43. The quantitative estimate of drug-likeness (QED) is 0.850. The van der Waals surface area contributed by atoms with Crippen LogP contribution in [0, 0.1) is 6.92 Å². The van der Waals surface area contributed by atoms with Crippen LogP contribution < -0.4 is 11.1 Å². The number of benzene rings is 1. The highest BCUT2D eigenvalue weighted by Crippen LogP contribution is 2.08. The van der Waals surface area contributed by atoms with Crippen molar-refractivity contribution in [3.63, 3.8) is 0 Å². The van der Waals surface area contributed by atoms with E-state index in [0.29, 0.717) is 13.0 Å². The van der Waals surface area contributed by atoms with E-state index in [1.165, 1.54) is 0 Å². The van der Waals surface area contributed by atoms with E-state index in [9.17, 15) is 4.79 Å². The summed E-state index contributed by atoms with van der Waals surface area (Å²) in [6.07, 6.45) is 1.31. The Morgan fingerprint density at radius 3 is 2.80 bits per heavy atom. The summed E-state index contributed by atoms with van der Waals surface area (Å²) in [5.41, 5.74) is 8.01. The lowest BCUT2D eigenvalue weighted by Gasteiger charge is -2.11. The van der Waals surface area contributed by atoms with Crippen LogP contribution >= 0.6 is 11.3 Å². The highest BCUT2D eigenvalue weighted by molar-refractivity contribution is 7.09. The van der Waals surface area contributed by atoms with Gasteiger partial charge in [0.1, 0.15) is 0 Å². The second kappa shape index (κ2) is 7.17. The number of nitrogens with zero attached hydrogens (tertiary/aromatic N) is 1. The van der Waals surface area contributed by atoms with Gasteiger partial charge in [0, 0.05) is 24.0 Å².